The fraction of sp³-hybridized carbons (Fsp3) is 0.833. The Morgan fingerprint density at radius 2 is 2.06 bits per heavy atom. The Balaban J connectivity index is 2.45. The van der Waals surface area contributed by atoms with Crippen molar-refractivity contribution in [1.82, 2.24) is 15.5 Å². The number of hydrogen-bond acceptors (Lipinski definition) is 4. The Labute approximate surface area is 97.8 Å². The third-order valence-corrected chi connectivity index (χ3v) is 2.41. The Morgan fingerprint density at radius 3 is 2.62 bits per heavy atom. The monoisotopic (exact) mass is 225 g/mol. The van der Waals surface area contributed by atoms with Crippen molar-refractivity contribution in [2.45, 2.75) is 60.0 Å². The van der Waals surface area contributed by atoms with Crippen LogP contribution < -0.4 is 5.32 Å². The number of aromatic nitrogens is 2. The van der Waals surface area contributed by atoms with Crippen molar-refractivity contribution in [3.8, 4) is 0 Å². The largest absolute Gasteiger partial charge is 0.338 e. The molecule has 1 unspecified atom stereocenters. The molecule has 0 aliphatic rings. The van der Waals surface area contributed by atoms with E-state index in [-0.39, 0.29) is 5.41 Å². The van der Waals surface area contributed by atoms with Gasteiger partial charge in [-0.15, -0.1) is 0 Å². The SMILES string of the molecule is CCC(C)NCc1nc(CC(C)(C)C)no1. The fourth-order valence-corrected chi connectivity index (χ4v) is 1.31. The molecule has 0 bridgehead atoms. The Morgan fingerprint density at radius 1 is 1.38 bits per heavy atom. The van der Waals surface area contributed by atoms with Crippen LogP contribution in [0.25, 0.3) is 0 Å². The Hall–Kier alpha value is -0.900. The van der Waals surface area contributed by atoms with Gasteiger partial charge in [-0.25, -0.2) is 0 Å². The van der Waals surface area contributed by atoms with E-state index in [0.29, 0.717) is 18.5 Å². The summed E-state index contributed by atoms with van der Waals surface area (Å²) < 4.78 is 5.18. The summed E-state index contributed by atoms with van der Waals surface area (Å²) in [6, 6.07) is 0.484. The lowest BCUT2D eigenvalue weighted by molar-refractivity contribution is 0.343. The average molecular weight is 225 g/mol. The van der Waals surface area contributed by atoms with E-state index in [1.165, 1.54) is 0 Å². The first kappa shape index (κ1) is 13.2. The molecule has 92 valence electrons. The maximum absolute atomic E-state index is 5.18. The first-order valence-electron chi connectivity index (χ1n) is 5.95. The molecular formula is C12H23N3O. The fourth-order valence-electron chi connectivity index (χ4n) is 1.31. The summed E-state index contributed by atoms with van der Waals surface area (Å²) in [4.78, 5) is 4.36. The van der Waals surface area contributed by atoms with E-state index in [9.17, 15) is 0 Å². The molecule has 0 aromatic carbocycles. The zero-order valence-electron chi connectivity index (χ0n) is 11.0. The highest BCUT2D eigenvalue weighted by Gasteiger charge is 2.16. The standard InChI is InChI=1S/C12H23N3O/c1-6-9(2)13-8-11-14-10(15-16-11)7-12(3,4)5/h9,13H,6-8H2,1-5H3. The maximum Gasteiger partial charge on any atom is 0.240 e. The summed E-state index contributed by atoms with van der Waals surface area (Å²) in [6.45, 7) is 11.5. The van der Waals surface area contributed by atoms with E-state index in [1.807, 2.05) is 0 Å². The van der Waals surface area contributed by atoms with Crippen LogP contribution in [-0.4, -0.2) is 16.2 Å². The van der Waals surface area contributed by atoms with Gasteiger partial charge >= 0.3 is 0 Å². The number of rotatable bonds is 5. The van der Waals surface area contributed by atoms with E-state index in [1.54, 1.807) is 0 Å². The molecule has 0 saturated carbocycles. The first-order valence-corrected chi connectivity index (χ1v) is 5.95. The van der Waals surface area contributed by atoms with Crippen molar-refractivity contribution < 1.29 is 4.52 Å². The summed E-state index contributed by atoms with van der Waals surface area (Å²) in [5.74, 6) is 1.48. The number of nitrogens with one attached hydrogen (secondary N) is 1. The molecular weight excluding hydrogens is 202 g/mol. The predicted octanol–water partition coefficient (Wildman–Crippen LogP) is 2.55. The summed E-state index contributed by atoms with van der Waals surface area (Å²) >= 11 is 0. The third-order valence-electron chi connectivity index (χ3n) is 2.41. The van der Waals surface area contributed by atoms with Crippen LogP contribution in [0.3, 0.4) is 0 Å². The average Bonchev–Trinajstić information content (AvgIpc) is 2.59. The molecule has 4 heteroatoms. The van der Waals surface area contributed by atoms with Crippen molar-refractivity contribution >= 4 is 0 Å². The van der Waals surface area contributed by atoms with Crippen molar-refractivity contribution in [3.63, 3.8) is 0 Å². The smallest absolute Gasteiger partial charge is 0.240 e. The second kappa shape index (κ2) is 5.43. The van der Waals surface area contributed by atoms with Gasteiger partial charge in [0.05, 0.1) is 6.54 Å². The predicted molar refractivity (Wildman–Crippen MR) is 64.0 cm³/mol. The van der Waals surface area contributed by atoms with Crippen molar-refractivity contribution in [1.29, 1.82) is 0 Å². The molecule has 1 aromatic rings. The normalized spacial score (nSPS) is 14.1. The Bertz CT molecular complexity index is 314. The molecule has 1 heterocycles. The minimum Gasteiger partial charge on any atom is -0.338 e. The quantitative estimate of drug-likeness (QED) is 0.836. The number of nitrogens with zero attached hydrogens (tertiary/aromatic N) is 2. The summed E-state index contributed by atoms with van der Waals surface area (Å²) in [7, 11) is 0. The highest BCUT2D eigenvalue weighted by atomic mass is 16.5. The summed E-state index contributed by atoms with van der Waals surface area (Å²) in [6.07, 6.45) is 1.95. The van der Waals surface area contributed by atoms with Crippen LogP contribution in [-0.2, 0) is 13.0 Å². The number of hydrogen-bond donors (Lipinski definition) is 1. The van der Waals surface area contributed by atoms with E-state index < -0.39 is 0 Å². The highest BCUT2D eigenvalue weighted by molar-refractivity contribution is 4.90. The van der Waals surface area contributed by atoms with Crippen LogP contribution in [0.4, 0.5) is 0 Å². The maximum atomic E-state index is 5.18. The lowest BCUT2D eigenvalue weighted by atomic mass is 9.92. The molecule has 0 radical (unpaired) electrons. The zero-order valence-corrected chi connectivity index (χ0v) is 11.0. The molecule has 1 rings (SSSR count). The molecule has 0 aliphatic heterocycles. The molecule has 4 nitrogen and oxygen atoms in total. The molecule has 0 amide bonds. The van der Waals surface area contributed by atoms with Gasteiger partial charge in [0.15, 0.2) is 5.82 Å². The van der Waals surface area contributed by atoms with Crippen LogP contribution in [0.15, 0.2) is 4.52 Å². The van der Waals surface area contributed by atoms with Crippen LogP contribution in [0.5, 0.6) is 0 Å². The molecule has 0 spiro atoms. The van der Waals surface area contributed by atoms with Gasteiger partial charge < -0.3 is 9.84 Å². The van der Waals surface area contributed by atoms with E-state index in [0.717, 1.165) is 18.7 Å². The van der Waals surface area contributed by atoms with Gasteiger partial charge in [-0.1, -0.05) is 32.9 Å². The molecule has 16 heavy (non-hydrogen) atoms. The van der Waals surface area contributed by atoms with Gasteiger partial charge in [-0.3, -0.25) is 0 Å². The van der Waals surface area contributed by atoms with Crippen molar-refractivity contribution in [2.24, 2.45) is 5.41 Å². The lowest BCUT2D eigenvalue weighted by Crippen LogP contribution is -2.24. The lowest BCUT2D eigenvalue weighted by Gasteiger charge is -2.14. The van der Waals surface area contributed by atoms with Gasteiger partial charge in [0.25, 0.3) is 0 Å². The van der Waals surface area contributed by atoms with Gasteiger partial charge in [-0.05, 0) is 18.8 Å². The van der Waals surface area contributed by atoms with Crippen LogP contribution in [0.2, 0.25) is 0 Å². The van der Waals surface area contributed by atoms with Gasteiger partial charge in [0, 0.05) is 12.5 Å². The molecule has 0 aliphatic carbocycles. The second-order valence-corrected chi connectivity index (χ2v) is 5.53. The summed E-state index contributed by atoms with van der Waals surface area (Å²) in [5.41, 5.74) is 0.200. The van der Waals surface area contributed by atoms with Crippen molar-refractivity contribution in [3.05, 3.63) is 11.7 Å². The van der Waals surface area contributed by atoms with Crippen LogP contribution >= 0.6 is 0 Å². The minimum atomic E-state index is 0.200. The minimum absolute atomic E-state index is 0.200. The van der Waals surface area contributed by atoms with Gasteiger partial charge in [-0.2, -0.15) is 4.98 Å². The van der Waals surface area contributed by atoms with Crippen LogP contribution in [0.1, 0.15) is 52.8 Å². The van der Waals surface area contributed by atoms with Crippen molar-refractivity contribution in [2.75, 3.05) is 0 Å². The topological polar surface area (TPSA) is 51.0 Å². The molecule has 0 fully saturated rings. The van der Waals surface area contributed by atoms with E-state index in [4.69, 9.17) is 4.52 Å². The molecule has 0 saturated heterocycles. The van der Waals surface area contributed by atoms with Gasteiger partial charge in [0.1, 0.15) is 0 Å². The molecule has 1 N–H and O–H groups in total. The summed E-state index contributed by atoms with van der Waals surface area (Å²) in [5, 5.41) is 7.31. The first-order chi connectivity index (χ1) is 7.40. The molecule has 1 aromatic heterocycles. The van der Waals surface area contributed by atoms with E-state index in [2.05, 4.69) is 50.1 Å². The highest BCUT2D eigenvalue weighted by Crippen LogP contribution is 2.18. The molecule has 1 atom stereocenters. The van der Waals surface area contributed by atoms with Crippen LogP contribution in [0, 0.1) is 5.41 Å². The van der Waals surface area contributed by atoms with Gasteiger partial charge in [0.2, 0.25) is 5.89 Å². The second-order valence-electron chi connectivity index (χ2n) is 5.53. The zero-order chi connectivity index (χ0) is 12.2. The van der Waals surface area contributed by atoms with E-state index >= 15 is 0 Å². The third kappa shape index (κ3) is 4.75. The Kier molecular flexibility index (Phi) is 4.47.